The van der Waals surface area contributed by atoms with Crippen molar-refractivity contribution in [2.75, 3.05) is 13.6 Å². The Hall–Kier alpha value is -1.29. The number of aryl methyl sites for hydroxylation is 1. The van der Waals surface area contributed by atoms with E-state index in [1.165, 1.54) is 0 Å². The van der Waals surface area contributed by atoms with E-state index in [1.807, 2.05) is 37.9 Å². The molecular weight excluding hydrogens is 218 g/mol. The molecule has 0 bridgehead atoms. The van der Waals surface area contributed by atoms with Crippen LogP contribution in [0.25, 0.3) is 0 Å². The molecule has 17 heavy (non-hydrogen) atoms. The number of furan rings is 1. The molecule has 4 heteroatoms. The molecule has 0 amide bonds. The van der Waals surface area contributed by atoms with E-state index in [0.29, 0.717) is 19.5 Å². The number of aliphatic carboxylic acids is 1. The number of nitrogens with zero attached hydrogens (tertiary/aromatic N) is 1. The van der Waals surface area contributed by atoms with Crippen LogP contribution in [-0.4, -0.2) is 29.6 Å². The number of hydrogen-bond acceptors (Lipinski definition) is 3. The van der Waals surface area contributed by atoms with Crippen molar-refractivity contribution in [2.24, 2.45) is 5.41 Å². The molecule has 4 nitrogen and oxygen atoms in total. The first-order chi connectivity index (χ1) is 7.87. The van der Waals surface area contributed by atoms with Crippen LogP contribution in [0.3, 0.4) is 0 Å². The first-order valence-electron chi connectivity index (χ1n) is 5.84. The van der Waals surface area contributed by atoms with Gasteiger partial charge >= 0.3 is 5.97 Å². The largest absolute Gasteiger partial charge is 0.481 e. The summed E-state index contributed by atoms with van der Waals surface area (Å²) in [6.07, 6.45) is 0.615. The van der Waals surface area contributed by atoms with Crippen molar-refractivity contribution in [3.8, 4) is 0 Å². The molecule has 0 saturated heterocycles. The molecule has 1 rings (SSSR count). The third kappa shape index (κ3) is 3.60. The lowest BCUT2D eigenvalue weighted by molar-refractivity contribution is -0.149. The fraction of sp³-hybridized carbons (Fsp3) is 0.615. The lowest BCUT2D eigenvalue weighted by Gasteiger charge is -2.28. The van der Waals surface area contributed by atoms with Gasteiger partial charge in [0, 0.05) is 6.54 Å². The smallest absolute Gasteiger partial charge is 0.310 e. The molecular formula is C13H21NO3. The van der Waals surface area contributed by atoms with E-state index in [1.54, 1.807) is 6.92 Å². The summed E-state index contributed by atoms with van der Waals surface area (Å²) >= 11 is 0. The summed E-state index contributed by atoms with van der Waals surface area (Å²) in [5.41, 5.74) is -0.698. The van der Waals surface area contributed by atoms with Crippen molar-refractivity contribution in [2.45, 2.75) is 33.7 Å². The van der Waals surface area contributed by atoms with Crippen LogP contribution < -0.4 is 0 Å². The molecule has 0 fully saturated rings. The van der Waals surface area contributed by atoms with E-state index < -0.39 is 11.4 Å². The van der Waals surface area contributed by atoms with Crippen LogP contribution in [0.2, 0.25) is 0 Å². The standard InChI is InChI=1S/C13H21NO3/c1-5-13(3,12(15)16)9-14(4)8-11-7-6-10(2)17-11/h6-7H,5,8-9H2,1-4H3,(H,15,16). The Morgan fingerprint density at radius 3 is 2.59 bits per heavy atom. The fourth-order valence-electron chi connectivity index (χ4n) is 1.82. The van der Waals surface area contributed by atoms with Gasteiger partial charge in [0.05, 0.1) is 12.0 Å². The molecule has 1 atom stereocenters. The van der Waals surface area contributed by atoms with E-state index in [4.69, 9.17) is 4.42 Å². The van der Waals surface area contributed by atoms with Gasteiger partial charge in [0.2, 0.25) is 0 Å². The highest BCUT2D eigenvalue weighted by Crippen LogP contribution is 2.23. The van der Waals surface area contributed by atoms with Gasteiger partial charge in [-0.25, -0.2) is 0 Å². The summed E-state index contributed by atoms with van der Waals surface area (Å²) in [6, 6.07) is 3.84. The topological polar surface area (TPSA) is 53.7 Å². The van der Waals surface area contributed by atoms with E-state index >= 15 is 0 Å². The van der Waals surface area contributed by atoms with Crippen molar-refractivity contribution < 1.29 is 14.3 Å². The average Bonchev–Trinajstić information content (AvgIpc) is 2.63. The number of carbonyl (C=O) groups is 1. The maximum absolute atomic E-state index is 11.2. The van der Waals surface area contributed by atoms with Gasteiger partial charge in [0.1, 0.15) is 11.5 Å². The van der Waals surface area contributed by atoms with E-state index in [-0.39, 0.29) is 0 Å². The molecule has 0 spiro atoms. The molecule has 0 radical (unpaired) electrons. The minimum atomic E-state index is -0.748. The molecule has 96 valence electrons. The Balaban J connectivity index is 2.59. The second-order valence-electron chi connectivity index (χ2n) is 4.90. The summed E-state index contributed by atoms with van der Waals surface area (Å²) < 4.78 is 5.47. The van der Waals surface area contributed by atoms with Gasteiger partial charge in [-0.15, -0.1) is 0 Å². The zero-order valence-corrected chi connectivity index (χ0v) is 11.0. The third-order valence-electron chi connectivity index (χ3n) is 3.14. The second-order valence-corrected chi connectivity index (χ2v) is 4.90. The Morgan fingerprint density at radius 2 is 2.18 bits per heavy atom. The first-order valence-corrected chi connectivity index (χ1v) is 5.84. The maximum atomic E-state index is 11.2. The number of carboxylic acids is 1. The zero-order chi connectivity index (χ0) is 13.1. The van der Waals surface area contributed by atoms with Gasteiger partial charge in [-0.1, -0.05) is 6.92 Å². The predicted molar refractivity (Wildman–Crippen MR) is 65.8 cm³/mol. The summed E-state index contributed by atoms with van der Waals surface area (Å²) in [6.45, 7) is 6.73. The molecule has 0 aliphatic carbocycles. The predicted octanol–water partition coefficient (Wildman–Crippen LogP) is 2.52. The van der Waals surface area contributed by atoms with Crippen LogP contribution in [0.5, 0.6) is 0 Å². The summed E-state index contributed by atoms with van der Waals surface area (Å²) in [4.78, 5) is 13.2. The number of carboxylic acid groups (broad SMARTS) is 1. The first kappa shape index (κ1) is 13.8. The zero-order valence-electron chi connectivity index (χ0n) is 11.0. The quantitative estimate of drug-likeness (QED) is 0.828. The SMILES string of the molecule is CCC(C)(CN(C)Cc1ccc(C)o1)C(=O)O. The van der Waals surface area contributed by atoms with Crippen molar-refractivity contribution in [3.63, 3.8) is 0 Å². The normalized spacial score (nSPS) is 14.9. The van der Waals surface area contributed by atoms with Crippen LogP contribution >= 0.6 is 0 Å². The molecule has 0 aromatic carbocycles. The molecule has 1 N–H and O–H groups in total. The van der Waals surface area contributed by atoms with E-state index in [0.717, 1.165) is 11.5 Å². The van der Waals surface area contributed by atoms with Crippen LogP contribution in [0.15, 0.2) is 16.5 Å². The maximum Gasteiger partial charge on any atom is 0.310 e. The van der Waals surface area contributed by atoms with Crippen molar-refractivity contribution >= 4 is 5.97 Å². The minimum Gasteiger partial charge on any atom is -0.481 e. The van der Waals surface area contributed by atoms with Crippen molar-refractivity contribution in [1.82, 2.24) is 4.90 Å². The van der Waals surface area contributed by atoms with Gasteiger partial charge in [0.25, 0.3) is 0 Å². The Kier molecular flexibility index (Phi) is 4.34. The van der Waals surface area contributed by atoms with Gasteiger partial charge in [-0.3, -0.25) is 9.69 Å². The Bertz CT molecular complexity index is 386. The highest BCUT2D eigenvalue weighted by Gasteiger charge is 2.32. The minimum absolute atomic E-state index is 0.512. The van der Waals surface area contributed by atoms with Crippen molar-refractivity contribution in [3.05, 3.63) is 23.7 Å². The van der Waals surface area contributed by atoms with Crippen LogP contribution in [0.1, 0.15) is 31.8 Å². The number of hydrogen-bond donors (Lipinski definition) is 1. The van der Waals surface area contributed by atoms with Gasteiger partial charge in [-0.2, -0.15) is 0 Å². The number of rotatable bonds is 6. The molecule has 1 unspecified atom stereocenters. The van der Waals surface area contributed by atoms with E-state index in [9.17, 15) is 9.90 Å². The summed E-state index contributed by atoms with van der Waals surface area (Å²) in [5.74, 6) is 1.00. The highest BCUT2D eigenvalue weighted by atomic mass is 16.4. The van der Waals surface area contributed by atoms with Crippen LogP contribution in [0, 0.1) is 12.3 Å². The fourth-order valence-corrected chi connectivity index (χ4v) is 1.82. The highest BCUT2D eigenvalue weighted by molar-refractivity contribution is 5.74. The lowest BCUT2D eigenvalue weighted by atomic mass is 9.87. The molecule has 0 saturated carbocycles. The molecule has 0 aliphatic rings. The van der Waals surface area contributed by atoms with Gasteiger partial charge < -0.3 is 9.52 Å². The second kappa shape index (κ2) is 5.36. The monoisotopic (exact) mass is 239 g/mol. The molecule has 1 aromatic heterocycles. The summed E-state index contributed by atoms with van der Waals surface area (Å²) in [5, 5.41) is 9.20. The van der Waals surface area contributed by atoms with Crippen molar-refractivity contribution in [1.29, 1.82) is 0 Å². The van der Waals surface area contributed by atoms with Gasteiger partial charge in [0.15, 0.2) is 0 Å². The molecule has 0 aliphatic heterocycles. The van der Waals surface area contributed by atoms with Crippen LogP contribution in [-0.2, 0) is 11.3 Å². The average molecular weight is 239 g/mol. The molecule has 1 heterocycles. The van der Waals surface area contributed by atoms with E-state index in [2.05, 4.69) is 0 Å². The third-order valence-corrected chi connectivity index (χ3v) is 3.14. The summed E-state index contributed by atoms with van der Waals surface area (Å²) in [7, 11) is 1.91. The molecule has 1 aromatic rings. The Labute approximate surface area is 102 Å². The van der Waals surface area contributed by atoms with Crippen LogP contribution in [0.4, 0.5) is 0 Å². The Morgan fingerprint density at radius 1 is 1.53 bits per heavy atom. The lowest BCUT2D eigenvalue weighted by Crippen LogP contribution is -2.38. The van der Waals surface area contributed by atoms with Gasteiger partial charge in [-0.05, 0) is 39.4 Å².